The van der Waals surface area contributed by atoms with E-state index in [2.05, 4.69) is 35.7 Å². The van der Waals surface area contributed by atoms with E-state index < -0.39 is 0 Å². The predicted molar refractivity (Wildman–Crippen MR) is 48.1 cm³/mol. The zero-order valence-corrected chi connectivity index (χ0v) is 7.12. The highest BCUT2D eigenvalue weighted by Crippen LogP contribution is 2.01. The minimum atomic E-state index is 1.02. The first kappa shape index (κ1) is 8.28. The normalized spacial score (nSPS) is 10.5. The third kappa shape index (κ3) is 3.19. The van der Waals surface area contributed by atoms with E-state index in [4.69, 9.17) is 0 Å². The molecule has 11 heavy (non-hydrogen) atoms. The fraction of sp³-hybridized carbons (Fsp3) is 0.300. The highest BCUT2D eigenvalue weighted by molar-refractivity contribution is 5.15. The molecule has 0 amide bonds. The van der Waals surface area contributed by atoms with E-state index in [0.717, 1.165) is 6.42 Å². The van der Waals surface area contributed by atoms with Crippen LogP contribution in [-0.2, 0) is 6.42 Å². The van der Waals surface area contributed by atoms with Crippen LogP contribution in [-0.4, -0.2) is 19.0 Å². The van der Waals surface area contributed by atoms with Crippen molar-refractivity contribution >= 4 is 0 Å². The minimum absolute atomic E-state index is 1.02. The highest BCUT2D eigenvalue weighted by Gasteiger charge is 1.92. The quantitative estimate of drug-likeness (QED) is 0.633. The molecule has 59 valence electrons. The van der Waals surface area contributed by atoms with Crippen LogP contribution in [0.5, 0.6) is 0 Å². The summed E-state index contributed by atoms with van der Waals surface area (Å²) in [6.45, 7) is 2.16. The van der Waals surface area contributed by atoms with E-state index in [9.17, 15) is 0 Å². The average molecular weight is 148 g/mol. The van der Waals surface area contributed by atoms with Gasteiger partial charge in [0.1, 0.15) is 0 Å². The van der Waals surface area contributed by atoms with Gasteiger partial charge in [0.25, 0.3) is 0 Å². The summed E-state index contributed by atoms with van der Waals surface area (Å²) in [6.07, 6.45) is 1.02. The first-order valence-corrected chi connectivity index (χ1v) is 3.83. The summed E-state index contributed by atoms with van der Waals surface area (Å²) in [5.74, 6) is 0. The summed E-state index contributed by atoms with van der Waals surface area (Å²) >= 11 is 0. The fourth-order valence-electron chi connectivity index (χ4n) is 0.902. The molecule has 1 aromatic rings. The van der Waals surface area contributed by atoms with Crippen molar-refractivity contribution in [2.75, 3.05) is 14.1 Å². The molecule has 0 fully saturated rings. The lowest BCUT2D eigenvalue weighted by Crippen LogP contribution is -2.08. The first-order chi connectivity index (χ1) is 5.29. The van der Waals surface area contributed by atoms with Crippen LogP contribution < -0.4 is 0 Å². The van der Waals surface area contributed by atoms with Gasteiger partial charge in [0.15, 0.2) is 0 Å². The van der Waals surface area contributed by atoms with Crippen molar-refractivity contribution in [3.63, 3.8) is 0 Å². The van der Waals surface area contributed by atoms with Gasteiger partial charge in [0.2, 0.25) is 0 Å². The summed E-state index contributed by atoms with van der Waals surface area (Å²) in [5, 5.41) is 0. The molecule has 0 unspecified atom stereocenters. The number of benzene rings is 1. The number of likely N-dealkylation sites (N-methyl/N-ethyl adjacent to an activating group) is 1. The molecule has 0 aliphatic rings. The van der Waals surface area contributed by atoms with Crippen LogP contribution >= 0.6 is 0 Å². The van der Waals surface area contributed by atoms with Crippen LogP contribution in [0.2, 0.25) is 0 Å². The van der Waals surface area contributed by atoms with Gasteiger partial charge in [-0.2, -0.15) is 0 Å². The molecule has 0 saturated heterocycles. The lowest BCUT2D eigenvalue weighted by Gasteiger charge is -2.07. The Bertz CT molecular complexity index is 191. The molecule has 1 aromatic carbocycles. The SMILES string of the molecule is CN(C)[CH]Cc1ccccc1. The maximum absolute atomic E-state index is 2.16. The third-order valence-electron chi connectivity index (χ3n) is 1.53. The molecule has 0 saturated carbocycles. The van der Waals surface area contributed by atoms with Crippen LogP contribution in [0.3, 0.4) is 0 Å². The number of rotatable bonds is 3. The summed E-state index contributed by atoms with van der Waals surface area (Å²) in [4.78, 5) is 2.08. The average Bonchev–Trinajstić information content (AvgIpc) is 2.03. The molecular formula is C10H14N. The van der Waals surface area contributed by atoms with E-state index in [0.29, 0.717) is 0 Å². The largest absolute Gasteiger partial charge is 0.305 e. The second-order valence-corrected chi connectivity index (χ2v) is 2.84. The monoisotopic (exact) mass is 148 g/mol. The van der Waals surface area contributed by atoms with Crippen molar-refractivity contribution in [1.82, 2.24) is 4.90 Å². The van der Waals surface area contributed by atoms with Crippen molar-refractivity contribution in [1.29, 1.82) is 0 Å². The zero-order chi connectivity index (χ0) is 8.10. The van der Waals surface area contributed by atoms with E-state index >= 15 is 0 Å². The topological polar surface area (TPSA) is 3.24 Å². The summed E-state index contributed by atoms with van der Waals surface area (Å²) in [7, 11) is 4.09. The van der Waals surface area contributed by atoms with Crippen molar-refractivity contribution in [3.8, 4) is 0 Å². The molecular weight excluding hydrogens is 134 g/mol. The van der Waals surface area contributed by atoms with Gasteiger partial charge in [0.05, 0.1) is 0 Å². The Balaban J connectivity index is 2.39. The third-order valence-corrected chi connectivity index (χ3v) is 1.53. The first-order valence-electron chi connectivity index (χ1n) is 3.83. The summed E-state index contributed by atoms with van der Waals surface area (Å²) < 4.78 is 0. The molecule has 0 aromatic heterocycles. The molecule has 0 spiro atoms. The van der Waals surface area contributed by atoms with Crippen molar-refractivity contribution in [2.24, 2.45) is 0 Å². The predicted octanol–water partition coefficient (Wildman–Crippen LogP) is 1.95. The van der Waals surface area contributed by atoms with Gasteiger partial charge in [-0.1, -0.05) is 30.3 Å². The Labute approximate surface area is 68.7 Å². The number of hydrogen-bond acceptors (Lipinski definition) is 1. The van der Waals surface area contributed by atoms with Gasteiger partial charge < -0.3 is 4.90 Å². The Morgan fingerprint density at radius 2 is 1.82 bits per heavy atom. The molecule has 1 rings (SSSR count). The van der Waals surface area contributed by atoms with Gasteiger partial charge in [-0.15, -0.1) is 0 Å². The maximum Gasteiger partial charge on any atom is 0.0288 e. The Morgan fingerprint density at radius 3 is 2.36 bits per heavy atom. The van der Waals surface area contributed by atoms with Crippen LogP contribution in [0.25, 0.3) is 0 Å². The molecule has 0 aliphatic carbocycles. The number of nitrogens with zero attached hydrogens (tertiary/aromatic N) is 1. The van der Waals surface area contributed by atoms with E-state index in [1.165, 1.54) is 5.56 Å². The Kier molecular flexibility index (Phi) is 3.12. The molecule has 1 nitrogen and oxygen atoms in total. The fourth-order valence-corrected chi connectivity index (χ4v) is 0.902. The summed E-state index contributed by atoms with van der Waals surface area (Å²) in [5.41, 5.74) is 1.36. The van der Waals surface area contributed by atoms with Crippen LogP contribution in [0.15, 0.2) is 30.3 Å². The number of hydrogen-bond donors (Lipinski definition) is 0. The van der Waals surface area contributed by atoms with Crippen molar-refractivity contribution in [2.45, 2.75) is 6.42 Å². The molecule has 0 heterocycles. The van der Waals surface area contributed by atoms with Crippen LogP contribution in [0.4, 0.5) is 0 Å². The van der Waals surface area contributed by atoms with E-state index in [-0.39, 0.29) is 0 Å². The molecule has 1 heteroatoms. The second-order valence-electron chi connectivity index (χ2n) is 2.84. The lowest BCUT2D eigenvalue weighted by atomic mass is 10.1. The van der Waals surface area contributed by atoms with Gasteiger partial charge in [-0.05, 0) is 26.1 Å². The second kappa shape index (κ2) is 4.14. The molecule has 0 N–H and O–H groups in total. The van der Waals surface area contributed by atoms with Crippen LogP contribution in [0, 0.1) is 6.54 Å². The van der Waals surface area contributed by atoms with Crippen molar-refractivity contribution in [3.05, 3.63) is 42.4 Å². The van der Waals surface area contributed by atoms with E-state index in [1.54, 1.807) is 0 Å². The maximum atomic E-state index is 2.16. The smallest absolute Gasteiger partial charge is 0.0288 e. The molecule has 1 radical (unpaired) electrons. The van der Waals surface area contributed by atoms with Gasteiger partial charge in [-0.3, -0.25) is 0 Å². The van der Waals surface area contributed by atoms with Crippen LogP contribution in [0.1, 0.15) is 5.56 Å². The zero-order valence-electron chi connectivity index (χ0n) is 7.12. The molecule has 0 bridgehead atoms. The van der Waals surface area contributed by atoms with Gasteiger partial charge in [-0.25, -0.2) is 0 Å². The lowest BCUT2D eigenvalue weighted by molar-refractivity contribution is 0.488. The van der Waals surface area contributed by atoms with Gasteiger partial charge >= 0.3 is 0 Å². The standard InChI is InChI=1S/C10H14N/c1-11(2)9-8-10-6-4-3-5-7-10/h3-7,9H,8H2,1-2H3. The minimum Gasteiger partial charge on any atom is -0.305 e. The molecule has 0 atom stereocenters. The summed E-state index contributed by atoms with van der Waals surface area (Å²) in [6, 6.07) is 10.5. The Morgan fingerprint density at radius 1 is 1.18 bits per heavy atom. The van der Waals surface area contributed by atoms with Gasteiger partial charge in [0, 0.05) is 6.54 Å². The highest BCUT2D eigenvalue weighted by atomic mass is 15.0. The van der Waals surface area contributed by atoms with E-state index in [1.807, 2.05) is 20.2 Å². The molecule has 0 aliphatic heterocycles. The van der Waals surface area contributed by atoms with Crippen molar-refractivity contribution < 1.29 is 0 Å². The Hall–Kier alpha value is -0.820.